The van der Waals surface area contributed by atoms with E-state index in [1.807, 2.05) is 34.6 Å². The third kappa shape index (κ3) is 6.34. The minimum Gasteiger partial charge on any atom is -0.357 e. The fourth-order valence-corrected chi connectivity index (χ4v) is 3.26. The Morgan fingerprint density at radius 2 is 1.50 bits per heavy atom. The minimum atomic E-state index is -3.10. The van der Waals surface area contributed by atoms with E-state index in [1.54, 1.807) is 0 Å². The molecule has 0 aromatic rings. The van der Waals surface area contributed by atoms with Crippen molar-refractivity contribution in [2.45, 2.75) is 47.1 Å². The summed E-state index contributed by atoms with van der Waals surface area (Å²) in [6, 6.07) is -0.215. The summed E-state index contributed by atoms with van der Waals surface area (Å²) in [6.45, 7) is 10.7. The number of hydrogen-bond donors (Lipinski definition) is 2. The highest BCUT2D eigenvalue weighted by atomic mass is 28.4. The molecule has 0 aliphatic rings. The van der Waals surface area contributed by atoms with E-state index < -0.39 is 8.97 Å². The van der Waals surface area contributed by atoms with Crippen LogP contribution in [0.3, 0.4) is 0 Å². The van der Waals surface area contributed by atoms with Gasteiger partial charge in [-0.15, -0.1) is 0 Å². The van der Waals surface area contributed by atoms with Gasteiger partial charge in [0.15, 0.2) is 0 Å². The van der Waals surface area contributed by atoms with Gasteiger partial charge < -0.3 is 18.6 Å². The maximum atomic E-state index is 11.8. The van der Waals surface area contributed by atoms with Crippen LogP contribution in [0.1, 0.15) is 41.0 Å². The molecule has 0 aromatic carbocycles. The molecule has 0 aliphatic carbocycles. The van der Waals surface area contributed by atoms with Crippen molar-refractivity contribution in [2.75, 3.05) is 19.8 Å². The molecule has 7 heteroatoms. The van der Waals surface area contributed by atoms with Gasteiger partial charge in [0.05, 0.1) is 0 Å². The quantitative estimate of drug-likeness (QED) is 0.629. The summed E-state index contributed by atoms with van der Waals surface area (Å²) in [5, 5.41) is 2.80. The normalized spacial score (nSPS) is 13.2. The van der Waals surface area contributed by atoms with Crippen LogP contribution in [-0.2, 0) is 13.3 Å². The van der Waals surface area contributed by atoms with E-state index in [0.29, 0.717) is 19.8 Å². The van der Waals surface area contributed by atoms with Crippen molar-refractivity contribution in [3.63, 3.8) is 0 Å². The second kappa shape index (κ2) is 9.32. The molecule has 0 radical (unpaired) electrons. The van der Waals surface area contributed by atoms with E-state index in [1.165, 1.54) is 0 Å². The number of carbonyl (C=O) groups is 1. The van der Waals surface area contributed by atoms with Gasteiger partial charge in [0.1, 0.15) is 0 Å². The van der Waals surface area contributed by atoms with Gasteiger partial charge in [-0.2, -0.15) is 0 Å². The number of urea groups is 1. The zero-order valence-electron chi connectivity index (χ0n) is 12.0. The molecule has 0 bridgehead atoms. The van der Waals surface area contributed by atoms with Crippen molar-refractivity contribution in [1.82, 2.24) is 10.3 Å². The number of carbonyl (C=O) groups excluding carboxylic acids is 1. The second-order valence-electron chi connectivity index (χ2n) is 3.76. The third-order valence-electron chi connectivity index (χ3n) is 2.26. The Bertz CT molecular complexity index is 224. The van der Waals surface area contributed by atoms with Crippen LogP contribution in [0, 0.1) is 0 Å². The van der Waals surface area contributed by atoms with Crippen LogP contribution in [0.5, 0.6) is 0 Å². The first kappa shape index (κ1) is 17.4. The van der Waals surface area contributed by atoms with Gasteiger partial charge in [0, 0.05) is 25.9 Å². The largest absolute Gasteiger partial charge is 0.634 e. The van der Waals surface area contributed by atoms with Crippen molar-refractivity contribution in [1.29, 1.82) is 0 Å². The summed E-state index contributed by atoms with van der Waals surface area (Å²) in [6.07, 6.45) is 0.861. The lowest BCUT2D eigenvalue weighted by Gasteiger charge is -2.28. The first-order valence-corrected chi connectivity index (χ1v) is 8.26. The average molecular weight is 278 g/mol. The topological polar surface area (TPSA) is 68.8 Å². The first-order valence-electron chi connectivity index (χ1n) is 6.54. The molecule has 0 saturated carbocycles. The molecule has 0 spiro atoms. The minimum absolute atomic E-state index is 0.0987. The van der Waals surface area contributed by atoms with Crippen molar-refractivity contribution < 1.29 is 18.1 Å². The lowest BCUT2D eigenvalue weighted by atomic mass is 10.3. The Hall–Kier alpha value is -0.633. The molecule has 0 saturated heterocycles. The Labute approximate surface area is 111 Å². The molecule has 1 unspecified atom stereocenters. The van der Waals surface area contributed by atoms with Crippen LogP contribution < -0.4 is 10.3 Å². The van der Waals surface area contributed by atoms with Gasteiger partial charge in [0.25, 0.3) is 0 Å². The number of amides is 2. The molecule has 1 atom stereocenters. The van der Waals surface area contributed by atoms with E-state index in [0.717, 1.165) is 6.42 Å². The fraction of sp³-hybridized carbons (Fsp3) is 0.909. The Morgan fingerprint density at radius 3 is 1.83 bits per heavy atom. The summed E-state index contributed by atoms with van der Waals surface area (Å²) in [5.74, 6) is 0. The number of rotatable bonds is 9. The van der Waals surface area contributed by atoms with E-state index in [4.69, 9.17) is 13.3 Å². The number of nitrogens with one attached hydrogen (secondary N) is 2. The SMILES string of the molecule is CCO[Si](NC(=O)NC(C)CC)(OCC)OCC. The smallest absolute Gasteiger partial charge is 0.357 e. The molecule has 18 heavy (non-hydrogen) atoms. The van der Waals surface area contributed by atoms with Gasteiger partial charge in [-0.3, -0.25) is 4.98 Å². The van der Waals surface area contributed by atoms with Crippen LogP contribution in [0.25, 0.3) is 0 Å². The number of hydrogen-bond acceptors (Lipinski definition) is 4. The second-order valence-corrected chi connectivity index (χ2v) is 5.99. The van der Waals surface area contributed by atoms with Crippen LogP contribution in [0.2, 0.25) is 0 Å². The highest BCUT2D eigenvalue weighted by Gasteiger charge is 2.44. The summed E-state index contributed by atoms with van der Waals surface area (Å²) < 4.78 is 16.6. The summed E-state index contributed by atoms with van der Waals surface area (Å²) in [7, 11) is -3.10. The van der Waals surface area contributed by atoms with Crippen molar-refractivity contribution in [2.24, 2.45) is 0 Å². The Balaban J connectivity index is 4.58. The lowest BCUT2D eigenvalue weighted by Crippen LogP contribution is -2.63. The zero-order valence-corrected chi connectivity index (χ0v) is 13.0. The Kier molecular flexibility index (Phi) is 8.99. The molecular formula is C11H26N2O4Si. The molecule has 2 amide bonds. The highest BCUT2D eigenvalue weighted by Crippen LogP contribution is 2.06. The molecule has 108 valence electrons. The maximum Gasteiger partial charge on any atom is 0.634 e. The Morgan fingerprint density at radius 1 is 1.06 bits per heavy atom. The van der Waals surface area contributed by atoms with E-state index in [-0.39, 0.29) is 12.1 Å². The van der Waals surface area contributed by atoms with E-state index in [9.17, 15) is 4.79 Å². The average Bonchev–Trinajstić information content (AvgIpc) is 2.29. The molecule has 0 fully saturated rings. The van der Waals surface area contributed by atoms with Gasteiger partial charge in [-0.1, -0.05) is 6.92 Å². The van der Waals surface area contributed by atoms with Gasteiger partial charge >= 0.3 is 15.0 Å². The van der Waals surface area contributed by atoms with Crippen LogP contribution >= 0.6 is 0 Å². The summed E-state index contributed by atoms with van der Waals surface area (Å²) in [5.41, 5.74) is 0. The molecule has 0 rings (SSSR count). The molecule has 6 nitrogen and oxygen atoms in total. The summed E-state index contributed by atoms with van der Waals surface area (Å²) >= 11 is 0. The summed E-state index contributed by atoms with van der Waals surface area (Å²) in [4.78, 5) is 14.5. The monoisotopic (exact) mass is 278 g/mol. The van der Waals surface area contributed by atoms with Crippen molar-refractivity contribution >= 4 is 15.0 Å². The highest BCUT2D eigenvalue weighted by molar-refractivity contribution is 6.60. The predicted octanol–water partition coefficient (Wildman–Crippen LogP) is 1.63. The van der Waals surface area contributed by atoms with Gasteiger partial charge in [0.2, 0.25) is 0 Å². The molecule has 0 heterocycles. The van der Waals surface area contributed by atoms with Crippen LogP contribution in [0.4, 0.5) is 4.79 Å². The van der Waals surface area contributed by atoms with E-state index in [2.05, 4.69) is 10.3 Å². The first-order chi connectivity index (χ1) is 8.53. The maximum absolute atomic E-state index is 11.8. The fourth-order valence-electron chi connectivity index (χ4n) is 1.30. The zero-order chi connectivity index (χ0) is 14.0. The van der Waals surface area contributed by atoms with E-state index >= 15 is 0 Å². The molecular weight excluding hydrogens is 252 g/mol. The van der Waals surface area contributed by atoms with Gasteiger partial charge in [-0.05, 0) is 34.1 Å². The van der Waals surface area contributed by atoms with Crippen molar-refractivity contribution in [3.8, 4) is 0 Å². The molecule has 2 N–H and O–H groups in total. The molecule has 0 aliphatic heterocycles. The predicted molar refractivity (Wildman–Crippen MR) is 72.1 cm³/mol. The molecule has 0 aromatic heterocycles. The standard InChI is InChI=1S/C11H26N2O4Si/c1-6-10(5)12-11(14)13-18(15-7-2,16-8-3)17-9-4/h10H,6-9H2,1-5H3,(H2,12,13,14). The third-order valence-corrected chi connectivity index (χ3v) is 4.80. The lowest BCUT2D eigenvalue weighted by molar-refractivity contribution is 0.0630. The van der Waals surface area contributed by atoms with Crippen LogP contribution in [0.15, 0.2) is 0 Å². The van der Waals surface area contributed by atoms with Crippen molar-refractivity contribution in [3.05, 3.63) is 0 Å². The van der Waals surface area contributed by atoms with Gasteiger partial charge in [-0.25, -0.2) is 4.79 Å². The van der Waals surface area contributed by atoms with Crippen LogP contribution in [-0.4, -0.2) is 40.9 Å².